The lowest BCUT2D eigenvalue weighted by Gasteiger charge is -2.08. The maximum Gasteiger partial charge on any atom is 0.134 e. The monoisotopic (exact) mass is 336 g/mol. The van der Waals surface area contributed by atoms with Gasteiger partial charge in [-0.05, 0) is 40.9 Å². The number of para-hydroxylation sites is 1. The lowest BCUT2D eigenvalue weighted by Crippen LogP contribution is -1.95. The Balaban J connectivity index is 1.90. The van der Waals surface area contributed by atoms with E-state index in [4.69, 9.17) is 4.74 Å². The Labute approximate surface area is 124 Å². The highest BCUT2D eigenvalue weighted by Gasteiger charge is 2.27. The molecule has 0 saturated heterocycles. The zero-order chi connectivity index (χ0) is 13.2. The molecule has 0 N–H and O–H groups in total. The Morgan fingerprint density at radius 1 is 1.26 bits per heavy atom. The maximum atomic E-state index is 5.36. The smallest absolute Gasteiger partial charge is 0.134 e. The zero-order valence-corrected chi connectivity index (χ0v) is 12.9. The molecule has 0 spiro atoms. The molecule has 1 aromatic carbocycles. The summed E-state index contributed by atoms with van der Waals surface area (Å²) in [6.45, 7) is 0. The van der Waals surface area contributed by atoms with Crippen LogP contribution < -0.4 is 4.74 Å². The normalized spacial score (nSPS) is 14.4. The zero-order valence-electron chi connectivity index (χ0n) is 10.5. The van der Waals surface area contributed by atoms with Crippen molar-refractivity contribution in [3.05, 3.63) is 40.8 Å². The predicted octanol–water partition coefficient (Wildman–Crippen LogP) is 4.28. The van der Waals surface area contributed by atoms with E-state index < -0.39 is 0 Å². The largest absolute Gasteiger partial charge is 0.496 e. The van der Waals surface area contributed by atoms with Gasteiger partial charge in [0, 0.05) is 12.0 Å². The summed E-state index contributed by atoms with van der Waals surface area (Å²) >= 11 is 5.07. The molecule has 1 fully saturated rings. The van der Waals surface area contributed by atoms with Gasteiger partial charge in [-0.25, -0.2) is 9.97 Å². The van der Waals surface area contributed by atoms with Crippen LogP contribution in [0.5, 0.6) is 5.75 Å². The average molecular weight is 337 g/mol. The SMILES string of the molecule is COc1ccccc1Sc1cc(Br)nc(C2CC2)n1. The number of ether oxygens (including phenoxy) is 1. The predicted molar refractivity (Wildman–Crippen MR) is 78.8 cm³/mol. The fourth-order valence-electron chi connectivity index (χ4n) is 1.81. The van der Waals surface area contributed by atoms with E-state index in [9.17, 15) is 0 Å². The number of rotatable bonds is 4. The Morgan fingerprint density at radius 3 is 2.79 bits per heavy atom. The van der Waals surface area contributed by atoms with Crippen LogP contribution in [-0.2, 0) is 0 Å². The third-order valence-electron chi connectivity index (χ3n) is 2.91. The van der Waals surface area contributed by atoms with Crippen molar-refractivity contribution < 1.29 is 4.74 Å². The highest BCUT2D eigenvalue weighted by molar-refractivity contribution is 9.10. The van der Waals surface area contributed by atoms with Gasteiger partial charge in [0.25, 0.3) is 0 Å². The first kappa shape index (κ1) is 12.9. The summed E-state index contributed by atoms with van der Waals surface area (Å²) in [6, 6.07) is 9.91. The van der Waals surface area contributed by atoms with Crippen LogP contribution in [0.1, 0.15) is 24.6 Å². The van der Waals surface area contributed by atoms with Gasteiger partial charge in [-0.2, -0.15) is 0 Å². The summed E-state index contributed by atoms with van der Waals surface area (Å²) in [5.41, 5.74) is 0. The first-order valence-electron chi connectivity index (χ1n) is 6.11. The molecule has 1 heterocycles. The molecule has 1 saturated carbocycles. The summed E-state index contributed by atoms with van der Waals surface area (Å²) in [5.74, 6) is 2.37. The number of benzene rings is 1. The van der Waals surface area contributed by atoms with E-state index >= 15 is 0 Å². The van der Waals surface area contributed by atoms with Crippen LogP contribution in [0.25, 0.3) is 0 Å². The van der Waals surface area contributed by atoms with Crippen molar-refractivity contribution in [3.63, 3.8) is 0 Å². The Kier molecular flexibility index (Phi) is 3.75. The second-order valence-corrected chi connectivity index (χ2v) is 6.29. The Hall–Kier alpha value is -1.07. The van der Waals surface area contributed by atoms with Gasteiger partial charge in [0.15, 0.2) is 0 Å². The molecule has 2 aromatic rings. The lowest BCUT2D eigenvalue weighted by atomic mass is 10.3. The van der Waals surface area contributed by atoms with Gasteiger partial charge in [-0.1, -0.05) is 23.9 Å². The van der Waals surface area contributed by atoms with Crippen molar-refractivity contribution >= 4 is 27.7 Å². The standard InChI is InChI=1S/C14H13BrN2OS/c1-18-10-4-2-3-5-11(10)19-13-8-12(15)16-14(17-13)9-6-7-9/h2-5,8-9H,6-7H2,1H3. The second kappa shape index (κ2) is 5.51. The molecule has 1 aliphatic rings. The molecule has 1 aromatic heterocycles. The van der Waals surface area contributed by atoms with E-state index in [1.54, 1.807) is 18.9 Å². The van der Waals surface area contributed by atoms with Crippen LogP contribution in [0.3, 0.4) is 0 Å². The van der Waals surface area contributed by atoms with Gasteiger partial charge in [-0.3, -0.25) is 0 Å². The fourth-order valence-corrected chi connectivity index (χ4v) is 3.29. The van der Waals surface area contributed by atoms with E-state index in [0.29, 0.717) is 5.92 Å². The molecule has 0 aliphatic heterocycles. The number of nitrogens with zero attached hydrogens (tertiary/aromatic N) is 2. The molecule has 3 rings (SSSR count). The summed E-state index contributed by atoms with van der Waals surface area (Å²) in [4.78, 5) is 10.1. The van der Waals surface area contributed by atoms with Crippen molar-refractivity contribution in [2.24, 2.45) is 0 Å². The minimum atomic E-state index is 0.550. The Morgan fingerprint density at radius 2 is 2.05 bits per heavy atom. The molecule has 19 heavy (non-hydrogen) atoms. The molecule has 5 heteroatoms. The van der Waals surface area contributed by atoms with Crippen LogP contribution in [0.4, 0.5) is 0 Å². The molecule has 3 nitrogen and oxygen atoms in total. The van der Waals surface area contributed by atoms with E-state index in [2.05, 4.69) is 25.9 Å². The number of hydrogen-bond acceptors (Lipinski definition) is 4. The lowest BCUT2D eigenvalue weighted by molar-refractivity contribution is 0.405. The van der Waals surface area contributed by atoms with Crippen molar-refractivity contribution in [1.82, 2.24) is 9.97 Å². The summed E-state index contributed by atoms with van der Waals surface area (Å²) in [6.07, 6.45) is 2.41. The van der Waals surface area contributed by atoms with Crippen LogP contribution in [0, 0.1) is 0 Å². The molecule has 0 radical (unpaired) electrons. The summed E-state index contributed by atoms with van der Waals surface area (Å²) in [7, 11) is 1.69. The number of hydrogen-bond donors (Lipinski definition) is 0. The minimum Gasteiger partial charge on any atom is -0.496 e. The van der Waals surface area contributed by atoms with Crippen molar-refractivity contribution in [3.8, 4) is 5.75 Å². The molecular formula is C14H13BrN2OS. The molecule has 0 bridgehead atoms. The molecular weight excluding hydrogens is 324 g/mol. The Bertz CT molecular complexity index is 602. The molecule has 0 unspecified atom stereocenters. The van der Waals surface area contributed by atoms with Crippen LogP contribution in [0.15, 0.2) is 44.9 Å². The quantitative estimate of drug-likeness (QED) is 0.780. The third kappa shape index (κ3) is 3.09. The second-order valence-electron chi connectivity index (χ2n) is 4.41. The first-order valence-corrected chi connectivity index (χ1v) is 7.72. The molecule has 98 valence electrons. The highest BCUT2D eigenvalue weighted by atomic mass is 79.9. The number of aromatic nitrogens is 2. The molecule has 1 aliphatic carbocycles. The van der Waals surface area contributed by atoms with Gasteiger partial charge in [0.1, 0.15) is 21.2 Å². The molecule has 0 atom stereocenters. The van der Waals surface area contributed by atoms with Crippen molar-refractivity contribution in [2.45, 2.75) is 28.7 Å². The molecule has 0 amide bonds. The summed E-state index contributed by atoms with van der Waals surface area (Å²) < 4.78 is 6.21. The van der Waals surface area contributed by atoms with E-state index in [0.717, 1.165) is 26.1 Å². The van der Waals surface area contributed by atoms with Gasteiger partial charge in [0.2, 0.25) is 0 Å². The first-order chi connectivity index (χ1) is 9.26. The van der Waals surface area contributed by atoms with Gasteiger partial charge >= 0.3 is 0 Å². The van der Waals surface area contributed by atoms with Crippen LogP contribution in [-0.4, -0.2) is 17.1 Å². The van der Waals surface area contributed by atoms with E-state index in [-0.39, 0.29) is 0 Å². The topological polar surface area (TPSA) is 35.0 Å². The van der Waals surface area contributed by atoms with Gasteiger partial charge in [-0.15, -0.1) is 0 Å². The van der Waals surface area contributed by atoms with Crippen LogP contribution in [0.2, 0.25) is 0 Å². The minimum absolute atomic E-state index is 0.550. The fraction of sp³-hybridized carbons (Fsp3) is 0.286. The number of methoxy groups -OCH3 is 1. The average Bonchev–Trinajstić information content (AvgIpc) is 3.23. The third-order valence-corrected chi connectivity index (χ3v) is 4.30. The van der Waals surface area contributed by atoms with E-state index in [1.165, 1.54) is 12.8 Å². The van der Waals surface area contributed by atoms with E-state index in [1.807, 2.05) is 30.3 Å². The maximum absolute atomic E-state index is 5.36. The van der Waals surface area contributed by atoms with Crippen LogP contribution >= 0.6 is 27.7 Å². The summed E-state index contributed by atoms with van der Waals surface area (Å²) in [5, 5.41) is 0.952. The van der Waals surface area contributed by atoms with Crippen molar-refractivity contribution in [1.29, 1.82) is 0 Å². The van der Waals surface area contributed by atoms with Crippen molar-refractivity contribution in [2.75, 3.05) is 7.11 Å². The number of halogens is 1. The van der Waals surface area contributed by atoms with Gasteiger partial charge in [0.05, 0.1) is 12.0 Å². The highest BCUT2D eigenvalue weighted by Crippen LogP contribution is 2.40. The van der Waals surface area contributed by atoms with Gasteiger partial charge < -0.3 is 4.74 Å².